The van der Waals surface area contributed by atoms with Crippen LogP contribution in [0.5, 0.6) is 0 Å². The fourth-order valence-corrected chi connectivity index (χ4v) is 6.43. The monoisotopic (exact) mass is 431 g/mol. The van der Waals surface area contributed by atoms with E-state index in [2.05, 4.69) is 45.0 Å². The van der Waals surface area contributed by atoms with Crippen molar-refractivity contribution in [2.45, 2.75) is 44.4 Å². The van der Waals surface area contributed by atoms with Crippen LogP contribution in [0.2, 0.25) is 0 Å². The minimum absolute atomic E-state index is 0.195. The highest BCUT2D eigenvalue weighted by Crippen LogP contribution is 2.52. The van der Waals surface area contributed by atoms with Crippen molar-refractivity contribution in [3.8, 4) is 0 Å². The van der Waals surface area contributed by atoms with Gasteiger partial charge in [0.05, 0.1) is 7.11 Å². The summed E-state index contributed by atoms with van der Waals surface area (Å²) in [5.41, 5.74) is -0.674. The average Bonchev–Trinajstić information content (AvgIpc) is 3.03. The second-order valence-electron chi connectivity index (χ2n) is 7.92. The van der Waals surface area contributed by atoms with E-state index >= 15 is 0 Å². The van der Waals surface area contributed by atoms with Crippen LogP contribution in [0.4, 0.5) is 4.79 Å². The SMILES string of the molecule is COC(=O)O[C@H]1OC(C)(C(C)(C)C)S[C@H]1O[Si](c1ccccc1)c1ccccc1. The zero-order chi connectivity index (χ0) is 21.1. The molecule has 0 bridgehead atoms. The number of carbonyl (C=O) groups is 1. The van der Waals surface area contributed by atoms with E-state index in [-0.39, 0.29) is 5.41 Å². The first-order valence-corrected chi connectivity index (χ1v) is 11.8. The fraction of sp³-hybridized carbons (Fsp3) is 0.409. The van der Waals surface area contributed by atoms with Crippen molar-refractivity contribution in [1.29, 1.82) is 0 Å². The normalized spacial score (nSPS) is 24.5. The molecule has 29 heavy (non-hydrogen) atoms. The Balaban J connectivity index is 1.92. The number of benzene rings is 2. The van der Waals surface area contributed by atoms with Crippen molar-refractivity contribution in [2.24, 2.45) is 5.41 Å². The van der Waals surface area contributed by atoms with Gasteiger partial charge < -0.3 is 18.6 Å². The molecule has 1 aliphatic heterocycles. The molecule has 5 nitrogen and oxygen atoms in total. The largest absolute Gasteiger partial charge is 0.510 e. The van der Waals surface area contributed by atoms with E-state index in [1.165, 1.54) is 7.11 Å². The Kier molecular flexibility index (Phi) is 6.73. The summed E-state index contributed by atoms with van der Waals surface area (Å²) in [6.45, 7) is 8.29. The molecule has 1 heterocycles. The molecule has 1 radical (unpaired) electrons. The summed E-state index contributed by atoms with van der Waals surface area (Å²) in [5, 5.41) is 2.23. The maximum absolute atomic E-state index is 11.8. The smallest absolute Gasteiger partial charge is 0.438 e. The Morgan fingerprint density at radius 3 is 2.00 bits per heavy atom. The Bertz CT molecular complexity index is 771. The van der Waals surface area contributed by atoms with Crippen LogP contribution in [0.25, 0.3) is 0 Å². The summed E-state index contributed by atoms with van der Waals surface area (Å²) in [6.07, 6.45) is -1.64. The van der Waals surface area contributed by atoms with Gasteiger partial charge >= 0.3 is 6.16 Å². The quantitative estimate of drug-likeness (QED) is 0.531. The van der Waals surface area contributed by atoms with Crippen molar-refractivity contribution in [3.05, 3.63) is 60.7 Å². The van der Waals surface area contributed by atoms with Crippen LogP contribution in [0.1, 0.15) is 27.7 Å². The van der Waals surface area contributed by atoms with Gasteiger partial charge in [0.2, 0.25) is 6.29 Å². The molecular weight excluding hydrogens is 404 g/mol. The molecule has 2 aromatic rings. The standard InChI is InChI=1S/C22H27O5SSi/c1-21(2,3)22(4)26-18(25-20(23)24-5)19(28-22)27-29(16-12-8-6-9-13-16)17-14-10-7-11-15-17/h6-15,18-19H,1-5H3/t18-,19+,22?/m0/s1. The molecule has 0 amide bonds. The Morgan fingerprint density at radius 1 is 1.03 bits per heavy atom. The van der Waals surface area contributed by atoms with Crippen LogP contribution in [0, 0.1) is 5.41 Å². The number of methoxy groups -OCH3 is 1. The molecule has 1 unspecified atom stereocenters. The summed E-state index contributed by atoms with van der Waals surface area (Å²) >= 11 is 1.55. The second-order valence-corrected chi connectivity index (χ2v) is 11.4. The van der Waals surface area contributed by atoms with E-state index in [4.69, 9.17) is 18.6 Å². The van der Waals surface area contributed by atoms with Crippen LogP contribution in [0.3, 0.4) is 0 Å². The molecule has 0 aromatic heterocycles. The summed E-state index contributed by atoms with van der Waals surface area (Å²) < 4.78 is 23.0. The van der Waals surface area contributed by atoms with Gasteiger partial charge in [-0.25, -0.2) is 4.79 Å². The maximum Gasteiger partial charge on any atom is 0.510 e. The molecule has 2 aromatic carbocycles. The number of carbonyl (C=O) groups excluding carboxylic acids is 1. The van der Waals surface area contributed by atoms with E-state index in [0.717, 1.165) is 10.4 Å². The van der Waals surface area contributed by atoms with Gasteiger partial charge in [-0.15, -0.1) is 0 Å². The Morgan fingerprint density at radius 2 is 1.55 bits per heavy atom. The highest BCUT2D eigenvalue weighted by molar-refractivity contribution is 8.01. The van der Waals surface area contributed by atoms with E-state index in [1.807, 2.05) is 43.3 Å². The summed E-state index contributed by atoms with van der Waals surface area (Å²) in [7, 11) is -0.300. The lowest BCUT2D eigenvalue weighted by Gasteiger charge is -2.36. The van der Waals surface area contributed by atoms with Gasteiger partial charge in [0.25, 0.3) is 9.04 Å². The lowest BCUT2D eigenvalue weighted by atomic mass is 9.89. The maximum atomic E-state index is 11.8. The molecule has 3 rings (SSSR count). The molecule has 3 atom stereocenters. The number of thioether (sulfide) groups is 1. The highest BCUT2D eigenvalue weighted by Gasteiger charge is 2.54. The minimum atomic E-state index is -1.58. The van der Waals surface area contributed by atoms with E-state index in [1.54, 1.807) is 11.8 Å². The average molecular weight is 432 g/mol. The van der Waals surface area contributed by atoms with Crippen LogP contribution in [-0.4, -0.2) is 39.0 Å². The summed E-state index contributed by atoms with van der Waals surface area (Å²) in [5.74, 6) is 0. The van der Waals surface area contributed by atoms with Gasteiger partial charge in [-0.3, -0.25) is 0 Å². The third kappa shape index (κ3) is 5.03. The zero-order valence-electron chi connectivity index (χ0n) is 17.4. The summed E-state index contributed by atoms with van der Waals surface area (Å²) in [6, 6.07) is 20.3. The van der Waals surface area contributed by atoms with Crippen molar-refractivity contribution in [3.63, 3.8) is 0 Å². The van der Waals surface area contributed by atoms with Crippen molar-refractivity contribution in [1.82, 2.24) is 0 Å². The summed E-state index contributed by atoms with van der Waals surface area (Å²) in [4.78, 5) is 11.2. The Labute approximate surface area is 178 Å². The van der Waals surface area contributed by atoms with Crippen molar-refractivity contribution < 1.29 is 23.4 Å². The molecule has 1 saturated heterocycles. The third-order valence-corrected chi connectivity index (χ3v) is 9.04. The zero-order valence-corrected chi connectivity index (χ0v) is 19.2. The van der Waals surface area contributed by atoms with E-state index in [9.17, 15) is 4.79 Å². The molecule has 0 N–H and O–H groups in total. The van der Waals surface area contributed by atoms with Gasteiger partial charge in [-0.2, -0.15) is 0 Å². The van der Waals surface area contributed by atoms with E-state index in [0.29, 0.717) is 0 Å². The topological polar surface area (TPSA) is 54.0 Å². The molecule has 1 aliphatic rings. The van der Waals surface area contributed by atoms with Crippen LogP contribution >= 0.6 is 11.8 Å². The molecular formula is C22H27O5SSi. The lowest BCUT2D eigenvalue weighted by molar-refractivity contribution is -0.182. The molecule has 0 spiro atoms. The highest BCUT2D eigenvalue weighted by atomic mass is 32.2. The molecule has 7 heteroatoms. The van der Waals surface area contributed by atoms with Crippen LogP contribution in [-0.2, 0) is 18.6 Å². The van der Waals surface area contributed by atoms with Gasteiger partial charge in [-0.1, -0.05) is 93.2 Å². The molecule has 1 fully saturated rings. The lowest BCUT2D eigenvalue weighted by Crippen LogP contribution is -2.48. The number of ether oxygens (including phenoxy) is 3. The van der Waals surface area contributed by atoms with Gasteiger partial charge in [0, 0.05) is 5.41 Å². The van der Waals surface area contributed by atoms with Gasteiger partial charge in [0.1, 0.15) is 4.93 Å². The van der Waals surface area contributed by atoms with Gasteiger partial charge in [-0.05, 0) is 17.3 Å². The van der Waals surface area contributed by atoms with Crippen molar-refractivity contribution >= 4 is 37.3 Å². The first kappa shape index (κ1) is 21.9. The van der Waals surface area contributed by atoms with E-state index < -0.39 is 31.9 Å². The number of hydrogen-bond donors (Lipinski definition) is 0. The Hall–Kier alpha value is -1.80. The van der Waals surface area contributed by atoms with Crippen molar-refractivity contribution in [2.75, 3.05) is 7.11 Å². The first-order chi connectivity index (χ1) is 13.7. The molecule has 0 saturated carbocycles. The predicted molar refractivity (Wildman–Crippen MR) is 117 cm³/mol. The first-order valence-electron chi connectivity index (χ1n) is 9.48. The molecule has 155 valence electrons. The second kappa shape index (κ2) is 8.91. The minimum Gasteiger partial charge on any atom is -0.438 e. The van der Waals surface area contributed by atoms with Gasteiger partial charge in [0.15, 0.2) is 5.44 Å². The fourth-order valence-electron chi connectivity index (χ4n) is 2.84. The number of rotatable bonds is 5. The third-order valence-electron chi connectivity index (χ3n) is 4.95. The van der Waals surface area contributed by atoms with Crippen LogP contribution < -0.4 is 10.4 Å². The van der Waals surface area contributed by atoms with Crippen LogP contribution in [0.15, 0.2) is 60.7 Å². The number of hydrogen-bond acceptors (Lipinski definition) is 6. The molecule has 0 aliphatic carbocycles. The predicted octanol–water partition coefficient (Wildman–Crippen LogP) is 3.77.